The topological polar surface area (TPSA) is 84.6 Å². The first kappa shape index (κ1) is 16.1. The molecule has 1 unspecified atom stereocenters. The smallest absolute Gasteiger partial charge is 0.293 e. The number of hydrogen-bond donors (Lipinski definition) is 2. The molecular weight excluding hydrogens is 363 g/mol. The van der Waals surface area contributed by atoms with Gasteiger partial charge in [-0.15, -0.1) is 0 Å². The summed E-state index contributed by atoms with van der Waals surface area (Å²) in [6.07, 6.45) is 0.453. The Labute approximate surface area is 125 Å². The minimum absolute atomic E-state index is 0.00874. The van der Waals surface area contributed by atoms with Crippen LogP contribution in [-0.4, -0.2) is 35.9 Å². The zero-order chi connectivity index (χ0) is 14.5. The molecule has 0 bridgehead atoms. The van der Waals surface area contributed by atoms with Gasteiger partial charge in [0.1, 0.15) is 5.69 Å². The maximum atomic E-state index is 11.0. The summed E-state index contributed by atoms with van der Waals surface area (Å²) in [5.41, 5.74) is -0.565. The minimum Gasteiger partial charge on any atom is -0.388 e. The van der Waals surface area contributed by atoms with Gasteiger partial charge in [-0.1, -0.05) is 0 Å². The number of ether oxygens (including phenoxy) is 1. The van der Waals surface area contributed by atoms with Crippen molar-refractivity contribution in [3.8, 4) is 0 Å². The molecule has 0 heterocycles. The maximum Gasteiger partial charge on any atom is 0.293 e. The molecule has 0 spiro atoms. The van der Waals surface area contributed by atoms with Gasteiger partial charge < -0.3 is 15.2 Å². The second-order valence-electron chi connectivity index (χ2n) is 4.51. The maximum absolute atomic E-state index is 11.0. The van der Waals surface area contributed by atoms with Crippen molar-refractivity contribution >= 4 is 34.0 Å². The van der Waals surface area contributed by atoms with Crippen molar-refractivity contribution < 1.29 is 14.8 Å². The Bertz CT molecular complexity index is 451. The summed E-state index contributed by atoms with van der Waals surface area (Å²) in [4.78, 5) is 10.5. The summed E-state index contributed by atoms with van der Waals surface area (Å²) < 4.78 is 5.70. The summed E-state index contributed by atoms with van der Waals surface area (Å²) >= 11 is 2.02. The molecule has 1 atom stereocenters. The van der Waals surface area contributed by atoms with Crippen molar-refractivity contribution in [2.24, 2.45) is 0 Å². The quantitative estimate of drug-likeness (QED) is 0.431. The molecule has 1 aromatic carbocycles. The highest BCUT2D eigenvalue weighted by molar-refractivity contribution is 14.1. The third kappa shape index (κ3) is 5.29. The van der Waals surface area contributed by atoms with Crippen molar-refractivity contribution in [3.63, 3.8) is 0 Å². The van der Waals surface area contributed by atoms with Crippen molar-refractivity contribution in [2.45, 2.75) is 18.9 Å². The molecule has 0 aliphatic heterocycles. The van der Waals surface area contributed by atoms with Crippen molar-refractivity contribution in [2.75, 3.05) is 25.6 Å². The number of benzene rings is 1. The molecule has 0 saturated carbocycles. The molecule has 1 rings (SSSR count). The third-order valence-electron chi connectivity index (χ3n) is 2.66. The molecule has 6 nitrogen and oxygen atoms in total. The van der Waals surface area contributed by atoms with Crippen LogP contribution in [0.4, 0.5) is 11.4 Å². The number of nitro groups is 1. The molecule has 106 valence electrons. The van der Waals surface area contributed by atoms with Crippen LogP contribution in [0, 0.1) is 13.7 Å². The lowest BCUT2D eigenvalue weighted by Crippen LogP contribution is -2.34. The van der Waals surface area contributed by atoms with Crippen LogP contribution in [0.5, 0.6) is 0 Å². The van der Waals surface area contributed by atoms with Crippen molar-refractivity contribution in [1.82, 2.24) is 0 Å². The van der Waals surface area contributed by atoms with Crippen LogP contribution in [0.25, 0.3) is 0 Å². The second-order valence-corrected chi connectivity index (χ2v) is 5.76. The molecule has 0 aliphatic carbocycles. The van der Waals surface area contributed by atoms with Crippen LogP contribution >= 0.6 is 22.6 Å². The van der Waals surface area contributed by atoms with E-state index >= 15 is 0 Å². The standard InChI is InChI=1S/C12H17IN2O4/c1-12(16,5-6-19-2)8-14-10-4-3-9(13)7-11(10)15(17)18/h3-4,7,14,16H,5-6,8H2,1-2H3. The molecule has 1 aromatic rings. The number of rotatable bonds is 7. The van der Waals surface area contributed by atoms with Gasteiger partial charge in [0, 0.05) is 36.3 Å². The number of halogens is 1. The van der Waals surface area contributed by atoms with Gasteiger partial charge in [0.05, 0.1) is 10.5 Å². The number of aliphatic hydroxyl groups is 1. The van der Waals surface area contributed by atoms with E-state index in [2.05, 4.69) is 5.32 Å². The molecule has 0 fully saturated rings. The number of hydrogen-bond acceptors (Lipinski definition) is 5. The van der Waals surface area contributed by atoms with E-state index in [4.69, 9.17) is 4.74 Å². The second kappa shape index (κ2) is 7.01. The van der Waals surface area contributed by atoms with E-state index in [1.54, 1.807) is 26.2 Å². The number of anilines is 1. The normalized spacial score (nSPS) is 13.9. The summed E-state index contributed by atoms with van der Waals surface area (Å²) in [6.45, 7) is 2.32. The van der Waals surface area contributed by atoms with Crippen molar-refractivity contribution in [3.05, 3.63) is 31.9 Å². The lowest BCUT2D eigenvalue weighted by molar-refractivity contribution is -0.384. The summed E-state index contributed by atoms with van der Waals surface area (Å²) in [5.74, 6) is 0. The van der Waals surface area contributed by atoms with Crippen LogP contribution in [0.15, 0.2) is 18.2 Å². The van der Waals surface area contributed by atoms with Gasteiger partial charge in [0.15, 0.2) is 0 Å². The Balaban J connectivity index is 2.75. The lowest BCUT2D eigenvalue weighted by Gasteiger charge is -2.23. The molecule has 7 heteroatoms. The van der Waals surface area contributed by atoms with Gasteiger partial charge in [-0.25, -0.2) is 0 Å². The first-order valence-electron chi connectivity index (χ1n) is 5.75. The highest BCUT2D eigenvalue weighted by Crippen LogP contribution is 2.27. The van der Waals surface area contributed by atoms with E-state index < -0.39 is 10.5 Å². The summed E-state index contributed by atoms with van der Waals surface area (Å²) in [7, 11) is 1.56. The van der Waals surface area contributed by atoms with E-state index in [-0.39, 0.29) is 12.2 Å². The van der Waals surface area contributed by atoms with Crippen molar-refractivity contribution in [1.29, 1.82) is 0 Å². The fourth-order valence-corrected chi connectivity index (χ4v) is 1.98. The highest BCUT2D eigenvalue weighted by atomic mass is 127. The Morgan fingerprint density at radius 1 is 1.58 bits per heavy atom. The Morgan fingerprint density at radius 2 is 2.26 bits per heavy atom. The number of nitro benzene ring substituents is 1. The van der Waals surface area contributed by atoms with E-state index in [1.165, 1.54) is 6.07 Å². The predicted octanol–water partition coefficient (Wildman–Crippen LogP) is 2.40. The largest absolute Gasteiger partial charge is 0.388 e. The summed E-state index contributed by atoms with van der Waals surface area (Å²) in [6, 6.07) is 4.92. The number of nitrogens with one attached hydrogen (secondary N) is 1. The fraction of sp³-hybridized carbons (Fsp3) is 0.500. The first-order valence-corrected chi connectivity index (χ1v) is 6.83. The van der Waals surface area contributed by atoms with Gasteiger partial charge in [0.25, 0.3) is 5.69 Å². The molecule has 2 N–H and O–H groups in total. The molecular formula is C12H17IN2O4. The molecule has 0 radical (unpaired) electrons. The number of nitrogens with zero attached hydrogens (tertiary/aromatic N) is 1. The Hall–Kier alpha value is -0.930. The molecule has 0 saturated heterocycles. The van der Waals surface area contributed by atoms with Crippen LogP contribution < -0.4 is 5.32 Å². The lowest BCUT2D eigenvalue weighted by atomic mass is 10.0. The van der Waals surface area contributed by atoms with Gasteiger partial charge in [0.2, 0.25) is 0 Å². The molecule has 0 amide bonds. The van der Waals surface area contributed by atoms with E-state index in [9.17, 15) is 15.2 Å². The van der Waals surface area contributed by atoms with Crippen LogP contribution in [0.3, 0.4) is 0 Å². The van der Waals surface area contributed by atoms with Gasteiger partial charge in [-0.3, -0.25) is 10.1 Å². The predicted molar refractivity (Wildman–Crippen MR) is 81.4 cm³/mol. The average molecular weight is 380 g/mol. The Morgan fingerprint density at radius 3 is 2.84 bits per heavy atom. The zero-order valence-electron chi connectivity index (χ0n) is 10.9. The van der Waals surface area contributed by atoms with E-state index in [1.807, 2.05) is 22.6 Å². The zero-order valence-corrected chi connectivity index (χ0v) is 13.0. The van der Waals surface area contributed by atoms with Gasteiger partial charge in [-0.05, 0) is 41.6 Å². The van der Waals surface area contributed by atoms with Gasteiger partial charge >= 0.3 is 0 Å². The molecule has 0 aromatic heterocycles. The minimum atomic E-state index is -0.979. The monoisotopic (exact) mass is 380 g/mol. The number of methoxy groups -OCH3 is 1. The SMILES string of the molecule is COCCC(C)(O)CNc1ccc(I)cc1[N+](=O)[O-]. The van der Waals surface area contributed by atoms with Crippen LogP contribution in [-0.2, 0) is 4.74 Å². The highest BCUT2D eigenvalue weighted by Gasteiger charge is 2.22. The third-order valence-corrected chi connectivity index (χ3v) is 3.33. The van der Waals surface area contributed by atoms with Gasteiger partial charge in [-0.2, -0.15) is 0 Å². The Kier molecular flexibility index (Phi) is 5.95. The van der Waals surface area contributed by atoms with E-state index in [0.29, 0.717) is 18.7 Å². The molecule has 19 heavy (non-hydrogen) atoms. The van der Waals surface area contributed by atoms with Crippen LogP contribution in [0.1, 0.15) is 13.3 Å². The molecule has 0 aliphatic rings. The summed E-state index contributed by atoms with van der Waals surface area (Å²) in [5, 5.41) is 23.9. The fourth-order valence-electron chi connectivity index (χ4n) is 1.50. The first-order chi connectivity index (χ1) is 8.85. The average Bonchev–Trinajstić information content (AvgIpc) is 2.35. The van der Waals surface area contributed by atoms with Crippen LogP contribution in [0.2, 0.25) is 0 Å². The van der Waals surface area contributed by atoms with E-state index in [0.717, 1.165) is 3.57 Å².